The van der Waals surface area contributed by atoms with Crippen LogP contribution < -0.4 is 0 Å². The van der Waals surface area contributed by atoms with Gasteiger partial charge in [-0.2, -0.15) is 5.26 Å². The van der Waals surface area contributed by atoms with Crippen LogP contribution >= 0.6 is 0 Å². The molecule has 16 heavy (non-hydrogen) atoms. The first kappa shape index (κ1) is 11.5. The van der Waals surface area contributed by atoms with Crippen LogP contribution in [-0.2, 0) is 4.79 Å². The average Bonchev–Trinajstić information content (AvgIpc) is 2.29. The summed E-state index contributed by atoms with van der Waals surface area (Å²) < 4.78 is 0. The van der Waals surface area contributed by atoms with Crippen molar-refractivity contribution in [2.45, 2.75) is 6.42 Å². The molecule has 0 aromatic carbocycles. The molecule has 80 valence electrons. The van der Waals surface area contributed by atoms with Crippen molar-refractivity contribution < 1.29 is 9.72 Å². The fourth-order valence-electron chi connectivity index (χ4n) is 1.04. The van der Waals surface area contributed by atoms with Crippen LogP contribution in [0.25, 0.3) is 6.08 Å². The lowest BCUT2D eigenvalue weighted by atomic mass is 10.2. The Kier molecular flexibility index (Phi) is 3.86. The van der Waals surface area contributed by atoms with Gasteiger partial charge in [-0.3, -0.25) is 10.1 Å². The van der Waals surface area contributed by atoms with Crippen LogP contribution in [0.15, 0.2) is 18.3 Å². The Morgan fingerprint density at radius 1 is 1.62 bits per heavy atom. The summed E-state index contributed by atoms with van der Waals surface area (Å²) in [6.45, 7) is 0. The molecule has 0 atom stereocenters. The number of hydrogen-bond donors (Lipinski definition) is 0. The Hall–Kier alpha value is -2.55. The maximum atomic E-state index is 10.6. The topological polar surface area (TPSA) is 96.9 Å². The van der Waals surface area contributed by atoms with Crippen molar-refractivity contribution in [2.75, 3.05) is 0 Å². The van der Waals surface area contributed by atoms with Crippen LogP contribution in [0, 0.1) is 21.4 Å². The highest BCUT2D eigenvalue weighted by Gasteiger charge is 2.14. The van der Waals surface area contributed by atoms with Gasteiger partial charge in [0.05, 0.1) is 4.92 Å². The summed E-state index contributed by atoms with van der Waals surface area (Å²) in [6, 6.07) is 2.88. The zero-order valence-electron chi connectivity index (χ0n) is 8.16. The first-order valence-electron chi connectivity index (χ1n) is 4.33. The number of nitriles is 1. The molecular weight excluding hydrogens is 210 g/mol. The quantitative estimate of drug-likeness (QED) is 0.432. The SMILES string of the molecule is N#Cc1ncc(C=CCC=O)cc1[N+](=O)[O-]. The van der Waals surface area contributed by atoms with E-state index in [1.54, 1.807) is 12.1 Å². The highest BCUT2D eigenvalue weighted by molar-refractivity contribution is 5.60. The summed E-state index contributed by atoms with van der Waals surface area (Å²) in [5.74, 6) is 0. The largest absolute Gasteiger partial charge is 0.306 e. The Morgan fingerprint density at radius 2 is 2.38 bits per heavy atom. The minimum absolute atomic E-state index is 0.225. The minimum Gasteiger partial charge on any atom is -0.303 e. The van der Waals surface area contributed by atoms with Crippen molar-refractivity contribution in [1.82, 2.24) is 4.98 Å². The van der Waals surface area contributed by atoms with Crippen LogP contribution in [-0.4, -0.2) is 16.2 Å². The van der Waals surface area contributed by atoms with Crippen molar-refractivity contribution in [3.8, 4) is 6.07 Å². The normalized spacial score (nSPS) is 9.94. The molecule has 0 saturated heterocycles. The second-order valence-corrected chi connectivity index (χ2v) is 2.81. The molecule has 0 radical (unpaired) electrons. The van der Waals surface area contributed by atoms with E-state index in [2.05, 4.69) is 4.98 Å². The predicted molar refractivity (Wildman–Crippen MR) is 55.3 cm³/mol. The van der Waals surface area contributed by atoms with Gasteiger partial charge in [-0.05, 0) is 5.56 Å². The van der Waals surface area contributed by atoms with E-state index >= 15 is 0 Å². The van der Waals surface area contributed by atoms with Crippen molar-refractivity contribution in [2.24, 2.45) is 0 Å². The van der Waals surface area contributed by atoms with Crippen molar-refractivity contribution in [3.63, 3.8) is 0 Å². The molecule has 1 heterocycles. The molecule has 0 unspecified atom stereocenters. The van der Waals surface area contributed by atoms with E-state index in [0.29, 0.717) is 11.8 Å². The summed E-state index contributed by atoms with van der Waals surface area (Å²) in [7, 11) is 0. The summed E-state index contributed by atoms with van der Waals surface area (Å²) >= 11 is 0. The lowest BCUT2D eigenvalue weighted by molar-refractivity contribution is -0.385. The number of rotatable bonds is 4. The van der Waals surface area contributed by atoms with E-state index in [4.69, 9.17) is 5.26 Å². The molecule has 1 aromatic rings. The van der Waals surface area contributed by atoms with Crippen molar-refractivity contribution >= 4 is 18.0 Å². The molecule has 0 bridgehead atoms. The van der Waals surface area contributed by atoms with Gasteiger partial charge in [0.15, 0.2) is 0 Å². The maximum absolute atomic E-state index is 10.6. The lowest BCUT2D eigenvalue weighted by Gasteiger charge is -1.95. The van der Waals surface area contributed by atoms with E-state index in [0.717, 1.165) is 0 Å². The predicted octanol–water partition coefficient (Wildman–Crippen LogP) is 1.46. The first-order valence-corrected chi connectivity index (χ1v) is 4.33. The zero-order valence-corrected chi connectivity index (χ0v) is 8.16. The Morgan fingerprint density at radius 3 is 2.94 bits per heavy atom. The smallest absolute Gasteiger partial charge is 0.303 e. The fraction of sp³-hybridized carbons (Fsp3) is 0.100. The second kappa shape index (κ2) is 5.36. The van der Waals surface area contributed by atoms with Gasteiger partial charge in [0.2, 0.25) is 5.69 Å². The number of pyridine rings is 1. The Bertz CT molecular complexity index is 489. The molecule has 0 aliphatic carbocycles. The van der Waals surface area contributed by atoms with Crippen LogP contribution in [0.3, 0.4) is 0 Å². The molecule has 1 aromatic heterocycles. The van der Waals surface area contributed by atoms with Gasteiger partial charge in [0.25, 0.3) is 0 Å². The average molecular weight is 217 g/mol. The molecule has 0 saturated carbocycles. The lowest BCUT2D eigenvalue weighted by Crippen LogP contribution is -1.95. The minimum atomic E-state index is -0.664. The molecule has 1 rings (SSSR count). The fourth-order valence-corrected chi connectivity index (χ4v) is 1.04. The number of nitrogens with zero attached hydrogens (tertiary/aromatic N) is 3. The molecule has 0 aliphatic rings. The number of aromatic nitrogens is 1. The number of aldehydes is 1. The molecule has 0 N–H and O–H groups in total. The van der Waals surface area contributed by atoms with Crippen molar-refractivity contribution in [1.29, 1.82) is 5.26 Å². The Labute approximate surface area is 91.0 Å². The number of hydrogen-bond acceptors (Lipinski definition) is 5. The molecule has 0 fully saturated rings. The molecule has 6 heteroatoms. The summed E-state index contributed by atoms with van der Waals surface area (Å²) in [5.41, 5.74) is -0.0826. The van der Waals surface area contributed by atoms with Crippen LogP contribution in [0.2, 0.25) is 0 Å². The molecule has 6 nitrogen and oxygen atoms in total. The number of carbonyl (C=O) groups is 1. The van der Waals surface area contributed by atoms with Gasteiger partial charge < -0.3 is 4.79 Å². The van der Waals surface area contributed by atoms with E-state index in [1.807, 2.05) is 0 Å². The number of nitro groups is 1. The third-order valence-corrected chi connectivity index (χ3v) is 1.73. The van der Waals surface area contributed by atoms with Crippen molar-refractivity contribution in [3.05, 3.63) is 39.7 Å². The third kappa shape index (κ3) is 2.72. The zero-order chi connectivity index (χ0) is 12.0. The Balaban J connectivity index is 3.08. The van der Waals surface area contributed by atoms with Gasteiger partial charge in [0, 0.05) is 18.7 Å². The highest BCUT2D eigenvalue weighted by Crippen LogP contribution is 2.17. The highest BCUT2D eigenvalue weighted by atomic mass is 16.6. The third-order valence-electron chi connectivity index (χ3n) is 1.73. The van der Waals surface area contributed by atoms with E-state index < -0.39 is 4.92 Å². The second-order valence-electron chi connectivity index (χ2n) is 2.81. The standard InChI is InChI=1S/C10H7N3O3/c11-6-9-10(13(15)16)5-8(7-12-9)3-1-2-4-14/h1,3-5,7H,2H2. The van der Waals surface area contributed by atoms with E-state index in [9.17, 15) is 14.9 Å². The van der Waals surface area contributed by atoms with E-state index in [-0.39, 0.29) is 17.8 Å². The number of carbonyl (C=O) groups excluding carboxylic acids is 1. The molecule has 0 aliphatic heterocycles. The van der Waals surface area contributed by atoms with Gasteiger partial charge in [0.1, 0.15) is 12.4 Å². The van der Waals surface area contributed by atoms with Crippen LogP contribution in [0.1, 0.15) is 17.7 Å². The monoisotopic (exact) mass is 217 g/mol. The first-order chi connectivity index (χ1) is 7.69. The summed E-state index contributed by atoms with van der Waals surface area (Å²) in [6.07, 6.45) is 5.37. The van der Waals surface area contributed by atoms with E-state index in [1.165, 1.54) is 18.3 Å². The summed E-state index contributed by atoms with van der Waals surface area (Å²) in [4.78, 5) is 23.6. The van der Waals surface area contributed by atoms with Crippen LogP contribution in [0.5, 0.6) is 0 Å². The van der Waals surface area contributed by atoms with Gasteiger partial charge in [-0.1, -0.05) is 12.2 Å². The molecule has 0 spiro atoms. The summed E-state index contributed by atoms with van der Waals surface area (Å²) in [5, 5.41) is 19.2. The van der Waals surface area contributed by atoms with Gasteiger partial charge >= 0.3 is 5.69 Å². The maximum Gasteiger partial charge on any atom is 0.306 e. The van der Waals surface area contributed by atoms with Crippen LogP contribution in [0.4, 0.5) is 5.69 Å². The molecular formula is C10H7N3O3. The van der Waals surface area contributed by atoms with Gasteiger partial charge in [-0.25, -0.2) is 4.98 Å². The number of allylic oxidation sites excluding steroid dienone is 1. The molecule has 0 amide bonds. The van der Waals surface area contributed by atoms with Gasteiger partial charge in [-0.15, -0.1) is 0 Å².